The lowest BCUT2D eigenvalue weighted by Gasteiger charge is -2.13. The Kier molecular flexibility index (Phi) is 3.85. The zero-order valence-electron chi connectivity index (χ0n) is 10.7. The van der Waals surface area contributed by atoms with Crippen LogP contribution in [-0.2, 0) is 0 Å². The van der Waals surface area contributed by atoms with Gasteiger partial charge in [0.05, 0.1) is 16.9 Å². The lowest BCUT2D eigenvalue weighted by molar-refractivity contribution is 0.102. The molecule has 0 aliphatic rings. The van der Waals surface area contributed by atoms with Crippen LogP contribution in [0.15, 0.2) is 35.1 Å². The largest absolute Gasteiger partial charge is 0.397 e. The number of nitrogen functional groups attached to an aromatic ring is 1. The van der Waals surface area contributed by atoms with Crippen molar-refractivity contribution in [2.24, 2.45) is 0 Å². The summed E-state index contributed by atoms with van der Waals surface area (Å²) in [6.45, 7) is 3.91. The second-order valence-corrected chi connectivity index (χ2v) is 5.23. The maximum absolute atomic E-state index is 12.2. The Bertz CT molecular complexity index is 641. The molecule has 4 nitrogen and oxygen atoms in total. The molecule has 98 valence electrons. The van der Waals surface area contributed by atoms with Crippen LogP contribution in [0.25, 0.3) is 0 Å². The van der Waals surface area contributed by atoms with Crippen molar-refractivity contribution in [3.63, 3.8) is 0 Å². The van der Waals surface area contributed by atoms with E-state index < -0.39 is 0 Å². The summed E-state index contributed by atoms with van der Waals surface area (Å²) in [6.07, 6.45) is 3.14. The molecule has 0 atom stereocenters. The van der Waals surface area contributed by atoms with E-state index in [1.54, 1.807) is 18.3 Å². The molecule has 2 aromatic rings. The summed E-state index contributed by atoms with van der Waals surface area (Å²) in [7, 11) is 0. The fourth-order valence-electron chi connectivity index (χ4n) is 1.72. The number of rotatable bonds is 2. The molecule has 0 radical (unpaired) electrons. The first-order valence-electron chi connectivity index (χ1n) is 5.76. The molecule has 0 unspecified atom stereocenters. The van der Waals surface area contributed by atoms with E-state index in [-0.39, 0.29) is 5.91 Å². The summed E-state index contributed by atoms with van der Waals surface area (Å²) < 4.78 is 0.758. The van der Waals surface area contributed by atoms with Gasteiger partial charge in [0.15, 0.2) is 0 Å². The Balaban J connectivity index is 2.32. The predicted molar refractivity (Wildman–Crippen MR) is 80.2 cm³/mol. The molecule has 0 aliphatic carbocycles. The number of nitrogens with zero attached hydrogens (tertiary/aromatic N) is 1. The van der Waals surface area contributed by atoms with Crippen LogP contribution < -0.4 is 11.1 Å². The highest BCUT2D eigenvalue weighted by Crippen LogP contribution is 2.26. The monoisotopic (exact) mass is 319 g/mol. The van der Waals surface area contributed by atoms with Crippen molar-refractivity contribution in [3.05, 3.63) is 51.8 Å². The minimum absolute atomic E-state index is 0.228. The molecule has 3 N–H and O–H groups in total. The number of carbonyl (C=O) groups excluding carboxylic acids is 1. The third-order valence-corrected chi connectivity index (χ3v) is 3.41. The third kappa shape index (κ3) is 2.93. The Labute approximate surface area is 120 Å². The van der Waals surface area contributed by atoms with E-state index in [1.165, 1.54) is 6.20 Å². The van der Waals surface area contributed by atoms with Crippen molar-refractivity contribution in [3.8, 4) is 0 Å². The van der Waals surface area contributed by atoms with E-state index in [9.17, 15) is 4.79 Å². The van der Waals surface area contributed by atoms with Gasteiger partial charge in [-0.25, -0.2) is 0 Å². The van der Waals surface area contributed by atoms with Crippen LogP contribution in [0.3, 0.4) is 0 Å². The van der Waals surface area contributed by atoms with Gasteiger partial charge in [-0.15, -0.1) is 0 Å². The molecule has 0 spiro atoms. The number of nitrogens with one attached hydrogen (secondary N) is 1. The van der Waals surface area contributed by atoms with Crippen LogP contribution in [0.1, 0.15) is 21.5 Å². The predicted octanol–water partition coefficient (Wildman–Crippen LogP) is 3.30. The Morgan fingerprint density at radius 1 is 1.32 bits per heavy atom. The van der Waals surface area contributed by atoms with Gasteiger partial charge in [0.25, 0.3) is 5.91 Å². The van der Waals surface area contributed by atoms with Gasteiger partial charge >= 0.3 is 0 Å². The number of aryl methyl sites for hydroxylation is 1. The molecule has 1 heterocycles. The third-order valence-electron chi connectivity index (χ3n) is 2.97. The van der Waals surface area contributed by atoms with E-state index in [0.29, 0.717) is 16.9 Å². The van der Waals surface area contributed by atoms with Crippen molar-refractivity contribution < 1.29 is 4.79 Å². The second-order valence-electron chi connectivity index (χ2n) is 4.32. The first-order chi connectivity index (χ1) is 8.99. The van der Waals surface area contributed by atoms with Crippen molar-refractivity contribution in [1.29, 1.82) is 0 Å². The van der Waals surface area contributed by atoms with E-state index in [4.69, 9.17) is 5.73 Å². The number of halogens is 1. The maximum Gasteiger partial charge on any atom is 0.257 e. The van der Waals surface area contributed by atoms with Crippen LogP contribution in [-0.4, -0.2) is 10.9 Å². The van der Waals surface area contributed by atoms with Gasteiger partial charge in [0.1, 0.15) is 0 Å². The highest BCUT2D eigenvalue weighted by molar-refractivity contribution is 9.10. The minimum atomic E-state index is -0.228. The summed E-state index contributed by atoms with van der Waals surface area (Å²) in [4.78, 5) is 16.1. The molecule has 1 aromatic heterocycles. The molecule has 0 aliphatic heterocycles. The fourth-order valence-corrected chi connectivity index (χ4v) is 2.09. The molecule has 0 bridgehead atoms. The molecule has 0 saturated carbocycles. The first kappa shape index (κ1) is 13.5. The zero-order valence-corrected chi connectivity index (χ0v) is 12.3. The van der Waals surface area contributed by atoms with Crippen LogP contribution in [0.2, 0.25) is 0 Å². The van der Waals surface area contributed by atoms with Crippen molar-refractivity contribution >= 4 is 33.2 Å². The quantitative estimate of drug-likeness (QED) is 0.834. The lowest BCUT2D eigenvalue weighted by atomic mass is 10.1. The lowest BCUT2D eigenvalue weighted by Crippen LogP contribution is -2.15. The maximum atomic E-state index is 12.2. The van der Waals surface area contributed by atoms with Crippen LogP contribution in [0.5, 0.6) is 0 Å². The van der Waals surface area contributed by atoms with Gasteiger partial charge in [0, 0.05) is 16.9 Å². The average Bonchev–Trinajstić information content (AvgIpc) is 2.39. The second kappa shape index (κ2) is 5.40. The van der Waals surface area contributed by atoms with Crippen molar-refractivity contribution in [2.75, 3.05) is 11.1 Å². The summed E-state index contributed by atoms with van der Waals surface area (Å²) in [5, 5.41) is 2.84. The molecule has 1 amide bonds. The van der Waals surface area contributed by atoms with E-state index in [2.05, 4.69) is 26.2 Å². The molecule has 2 rings (SSSR count). The summed E-state index contributed by atoms with van der Waals surface area (Å²) >= 11 is 3.29. The number of pyridine rings is 1. The molecular weight excluding hydrogens is 306 g/mol. The number of nitrogens with two attached hydrogens (primary N) is 1. The fraction of sp³-hybridized carbons (Fsp3) is 0.143. The molecule has 19 heavy (non-hydrogen) atoms. The normalized spacial score (nSPS) is 10.3. The zero-order chi connectivity index (χ0) is 14.0. The molecular formula is C14H14BrN3O. The standard InChI is InChI=1S/C14H14BrN3O/c1-8-3-4-12(16)13(9(8)2)18-14(19)10-5-11(15)7-17-6-10/h3-7H,16H2,1-2H3,(H,18,19). The number of aromatic nitrogens is 1. The summed E-state index contributed by atoms with van der Waals surface area (Å²) in [6, 6.07) is 5.43. The highest BCUT2D eigenvalue weighted by atomic mass is 79.9. The number of amides is 1. The SMILES string of the molecule is Cc1ccc(N)c(NC(=O)c2cncc(Br)c2)c1C. The molecule has 1 aromatic carbocycles. The van der Waals surface area contributed by atoms with Gasteiger partial charge in [-0.05, 0) is 53.0 Å². The smallest absolute Gasteiger partial charge is 0.257 e. The first-order valence-corrected chi connectivity index (χ1v) is 6.56. The number of hydrogen-bond donors (Lipinski definition) is 2. The Hall–Kier alpha value is -1.88. The van der Waals surface area contributed by atoms with E-state index >= 15 is 0 Å². The van der Waals surface area contributed by atoms with Crippen molar-refractivity contribution in [2.45, 2.75) is 13.8 Å². The van der Waals surface area contributed by atoms with E-state index in [0.717, 1.165) is 15.6 Å². The van der Waals surface area contributed by atoms with Crippen LogP contribution in [0.4, 0.5) is 11.4 Å². The Morgan fingerprint density at radius 2 is 2.05 bits per heavy atom. The van der Waals surface area contributed by atoms with Gasteiger partial charge < -0.3 is 11.1 Å². The highest BCUT2D eigenvalue weighted by Gasteiger charge is 2.12. The number of benzene rings is 1. The van der Waals surface area contributed by atoms with E-state index in [1.807, 2.05) is 19.9 Å². The minimum Gasteiger partial charge on any atom is -0.397 e. The van der Waals surface area contributed by atoms with Crippen LogP contribution in [0, 0.1) is 13.8 Å². The van der Waals surface area contributed by atoms with Crippen LogP contribution >= 0.6 is 15.9 Å². The van der Waals surface area contributed by atoms with Gasteiger partial charge in [-0.2, -0.15) is 0 Å². The molecule has 0 fully saturated rings. The summed E-state index contributed by atoms with van der Waals surface area (Å²) in [5.74, 6) is -0.228. The Morgan fingerprint density at radius 3 is 2.74 bits per heavy atom. The topological polar surface area (TPSA) is 68.0 Å². The van der Waals surface area contributed by atoms with Gasteiger partial charge in [-0.3, -0.25) is 9.78 Å². The summed E-state index contributed by atoms with van der Waals surface area (Å²) in [5.41, 5.74) is 9.65. The number of carbonyl (C=O) groups is 1. The molecule has 0 saturated heterocycles. The average molecular weight is 320 g/mol. The van der Waals surface area contributed by atoms with Gasteiger partial charge in [-0.1, -0.05) is 6.07 Å². The number of hydrogen-bond acceptors (Lipinski definition) is 3. The molecule has 5 heteroatoms. The van der Waals surface area contributed by atoms with Crippen molar-refractivity contribution in [1.82, 2.24) is 4.98 Å². The van der Waals surface area contributed by atoms with Gasteiger partial charge in [0.2, 0.25) is 0 Å². The number of anilines is 2.